The van der Waals surface area contributed by atoms with E-state index in [1.807, 2.05) is 0 Å². The van der Waals surface area contributed by atoms with E-state index in [4.69, 9.17) is 9.84 Å². The largest absolute Gasteiger partial charge is 0.479 e. The second-order valence-corrected chi connectivity index (χ2v) is 10.2. The van der Waals surface area contributed by atoms with Gasteiger partial charge in [-0.25, -0.2) is 17.6 Å². The number of benzene rings is 2. The fraction of sp³-hybridized carbons (Fsp3) is 0.350. The highest BCUT2D eigenvalue weighted by atomic mass is 79.9. The third-order valence-corrected chi connectivity index (χ3v) is 6.98. The van der Waals surface area contributed by atoms with Crippen molar-refractivity contribution in [2.45, 2.75) is 36.4 Å². The minimum absolute atomic E-state index is 0.0725. The van der Waals surface area contributed by atoms with Crippen LogP contribution in [-0.4, -0.2) is 32.0 Å². The third kappa shape index (κ3) is 5.82. The Bertz CT molecular complexity index is 1190. The predicted octanol–water partition coefficient (Wildman–Crippen LogP) is 4.61. The number of aliphatic carboxylic acids is 1. The molecule has 0 fully saturated rings. The molecule has 13 heteroatoms. The Labute approximate surface area is 193 Å². The summed E-state index contributed by atoms with van der Waals surface area (Å²) in [5.74, 6) is -5.36. The highest BCUT2D eigenvalue weighted by molar-refractivity contribution is 9.10. The quantitative estimate of drug-likeness (QED) is 0.483. The molecule has 0 saturated carbocycles. The summed E-state index contributed by atoms with van der Waals surface area (Å²) in [6, 6.07) is 2.40. The molecular formula is C20H17BrF5NO5S. The summed E-state index contributed by atoms with van der Waals surface area (Å²) in [7, 11) is -4.24. The Kier molecular flexibility index (Phi) is 7.34. The summed E-state index contributed by atoms with van der Waals surface area (Å²) in [5, 5.41) is 11.5. The zero-order valence-electron chi connectivity index (χ0n) is 16.7. The van der Waals surface area contributed by atoms with E-state index in [0.29, 0.717) is 18.9 Å². The van der Waals surface area contributed by atoms with Gasteiger partial charge >= 0.3 is 12.1 Å². The van der Waals surface area contributed by atoms with Crippen LogP contribution in [0.3, 0.4) is 0 Å². The molecule has 33 heavy (non-hydrogen) atoms. The molecule has 3 rings (SSSR count). The summed E-state index contributed by atoms with van der Waals surface area (Å²) in [6.45, 7) is -0.899. The smallest absolute Gasteiger partial charge is 0.416 e. The fourth-order valence-corrected chi connectivity index (χ4v) is 5.41. The average molecular weight is 558 g/mol. The molecule has 0 heterocycles. The lowest BCUT2D eigenvalue weighted by Crippen LogP contribution is -2.31. The predicted molar refractivity (Wildman–Crippen MR) is 110 cm³/mol. The Morgan fingerprint density at radius 3 is 2.55 bits per heavy atom. The van der Waals surface area contributed by atoms with Crippen molar-refractivity contribution in [3.05, 3.63) is 57.1 Å². The number of ether oxygens (including phenoxy) is 1. The number of sulfone groups is 1. The molecule has 180 valence electrons. The van der Waals surface area contributed by atoms with Gasteiger partial charge in [-0.2, -0.15) is 17.6 Å². The molecule has 0 aromatic heterocycles. The molecule has 0 saturated heterocycles. The number of hydrogen-bond donors (Lipinski definition) is 2. The van der Waals surface area contributed by atoms with E-state index in [0.717, 1.165) is 18.2 Å². The number of halogens is 6. The van der Waals surface area contributed by atoms with Crippen molar-refractivity contribution in [1.29, 1.82) is 0 Å². The van der Waals surface area contributed by atoms with Gasteiger partial charge in [-0.1, -0.05) is 15.9 Å². The summed E-state index contributed by atoms with van der Waals surface area (Å²) >= 11 is 2.88. The van der Waals surface area contributed by atoms with Gasteiger partial charge in [0.15, 0.2) is 28.0 Å². The minimum Gasteiger partial charge on any atom is -0.479 e. The Morgan fingerprint density at radius 1 is 1.21 bits per heavy atom. The highest BCUT2D eigenvalue weighted by Gasteiger charge is 2.33. The maximum Gasteiger partial charge on any atom is 0.416 e. The van der Waals surface area contributed by atoms with Gasteiger partial charge in [0.05, 0.1) is 10.5 Å². The van der Waals surface area contributed by atoms with Gasteiger partial charge in [-0.15, -0.1) is 0 Å². The maximum absolute atomic E-state index is 14.2. The van der Waals surface area contributed by atoms with Gasteiger partial charge in [0, 0.05) is 16.1 Å². The molecule has 0 aliphatic heterocycles. The normalized spacial score (nSPS) is 16.4. The molecule has 2 N–H and O–H groups in total. The van der Waals surface area contributed by atoms with Crippen LogP contribution in [0.1, 0.15) is 35.6 Å². The molecule has 2 aromatic rings. The number of nitrogens with one attached hydrogen (secondary N) is 1. The van der Waals surface area contributed by atoms with E-state index in [1.165, 1.54) is 0 Å². The molecule has 6 nitrogen and oxygen atoms in total. The first-order valence-corrected chi connectivity index (χ1v) is 11.9. The van der Waals surface area contributed by atoms with Gasteiger partial charge in [0.1, 0.15) is 5.88 Å². The lowest BCUT2D eigenvalue weighted by molar-refractivity contribution is -0.139. The molecule has 0 spiro atoms. The molecule has 1 aliphatic carbocycles. The first-order chi connectivity index (χ1) is 15.3. The maximum atomic E-state index is 14.2. The third-order valence-electron chi connectivity index (χ3n) is 5.03. The van der Waals surface area contributed by atoms with Gasteiger partial charge in [0.25, 0.3) is 0 Å². The van der Waals surface area contributed by atoms with Crippen LogP contribution < -0.4 is 10.1 Å². The van der Waals surface area contributed by atoms with Crippen LogP contribution in [0, 0.1) is 11.6 Å². The highest BCUT2D eigenvalue weighted by Crippen LogP contribution is 2.39. The number of hydrogen-bond acceptors (Lipinski definition) is 5. The zero-order chi connectivity index (χ0) is 24.6. The van der Waals surface area contributed by atoms with Crippen LogP contribution in [0.5, 0.6) is 5.75 Å². The minimum atomic E-state index is -4.75. The van der Waals surface area contributed by atoms with E-state index < -0.39 is 68.4 Å². The second-order valence-electron chi connectivity index (χ2n) is 7.33. The first-order valence-electron chi connectivity index (χ1n) is 9.49. The van der Waals surface area contributed by atoms with Crippen LogP contribution in [0.15, 0.2) is 33.6 Å². The van der Waals surface area contributed by atoms with Crippen molar-refractivity contribution < 1.29 is 45.0 Å². The molecule has 0 amide bonds. The Hall–Kier alpha value is -2.25. The van der Waals surface area contributed by atoms with Crippen molar-refractivity contribution >= 4 is 31.7 Å². The van der Waals surface area contributed by atoms with Crippen molar-refractivity contribution in [2.24, 2.45) is 0 Å². The van der Waals surface area contributed by atoms with Gasteiger partial charge in [0.2, 0.25) is 5.82 Å². The molecule has 0 bridgehead atoms. The molecular weight excluding hydrogens is 541 g/mol. The van der Waals surface area contributed by atoms with Crippen LogP contribution in [0.4, 0.5) is 22.0 Å². The monoisotopic (exact) mass is 557 g/mol. The topological polar surface area (TPSA) is 92.7 Å². The number of rotatable bonds is 7. The molecule has 1 unspecified atom stereocenters. The first kappa shape index (κ1) is 25.4. The van der Waals surface area contributed by atoms with Crippen LogP contribution in [-0.2, 0) is 27.2 Å². The number of carbonyl (C=O) groups is 1. The van der Waals surface area contributed by atoms with Crippen LogP contribution >= 0.6 is 15.9 Å². The van der Waals surface area contributed by atoms with Crippen LogP contribution in [0.25, 0.3) is 0 Å². The van der Waals surface area contributed by atoms with E-state index in [2.05, 4.69) is 21.2 Å². The summed E-state index contributed by atoms with van der Waals surface area (Å²) in [6.07, 6.45) is -3.75. The number of fused-ring (bicyclic) bond motifs is 1. The lowest BCUT2D eigenvalue weighted by Gasteiger charge is -2.28. The second kappa shape index (κ2) is 9.55. The standard InChI is InChI=1S/C20H17BrF5NO5S/c21-11-4-10(20(24,25)26)5-12(6-11)33(30,31)9-27-16-3-1-2-13-14(16)7-15(22)18(23)19(13)32-8-17(28)29/h4-7,16,27H,1-3,8-9H2,(H,28,29). The molecule has 0 radical (unpaired) electrons. The zero-order valence-corrected chi connectivity index (χ0v) is 19.1. The van der Waals surface area contributed by atoms with Gasteiger partial charge in [-0.3, -0.25) is 5.32 Å². The Morgan fingerprint density at radius 2 is 1.91 bits per heavy atom. The number of carboxylic acid groups (broad SMARTS) is 1. The summed E-state index contributed by atoms with van der Waals surface area (Å²) in [5.41, 5.74) is -0.740. The van der Waals surface area contributed by atoms with E-state index in [-0.39, 0.29) is 22.0 Å². The van der Waals surface area contributed by atoms with Crippen molar-refractivity contribution in [1.82, 2.24) is 5.32 Å². The van der Waals surface area contributed by atoms with Crippen molar-refractivity contribution in [3.63, 3.8) is 0 Å². The molecule has 1 atom stereocenters. The van der Waals surface area contributed by atoms with Crippen molar-refractivity contribution in [3.8, 4) is 5.75 Å². The van der Waals surface area contributed by atoms with Gasteiger partial charge < -0.3 is 9.84 Å². The lowest BCUT2D eigenvalue weighted by atomic mass is 9.87. The van der Waals surface area contributed by atoms with E-state index in [9.17, 15) is 35.2 Å². The molecule has 1 aliphatic rings. The van der Waals surface area contributed by atoms with Crippen LogP contribution in [0.2, 0.25) is 0 Å². The number of alkyl halides is 3. The fourth-order valence-electron chi connectivity index (χ4n) is 3.56. The average Bonchev–Trinajstić information content (AvgIpc) is 2.71. The summed E-state index contributed by atoms with van der Waals surface area (Å²) in [4.78, 5) is 10.2. The summed E-state index contributed by atoms with van der Waals surface area (Å²) < 4.78 is 97.8. The number of carboxylic acids is 1. The SMILES string of the molecule is O=C(O)COc1c(F)c(F)cc2c1CCCC2NCS(=O)(=O)c1cc(Br)cc(C(F)(F)F)c1. The van der Waals surface area contributed by atoms with E-state index >= 15 is 0 Å². The molecule has 2 aromatic carbocycles. The van der Waals surface area contributed by atoms with Crippen molar-refractivity contribution in [2.75, 3.05) is 12.5 Å². The Balaban J connectivity index is 1.88. The van der Waals surface area contributed by atoms with Gasteiger partial charge in [-0.05, 0) is 49.1 Å². The van der Waals surface area contributed by atoms with E-state index in [1.54, 1.807) is 0 Å².